The molecule has 2 aliphatic rings. The maximum absolute atomic E-state index is 13.1. The van der Waals surface area contributed by atoms with Gasteiger partial charge in [0.25, 0.3) is 0 Å². The lowest BCUT2D eigenvalue weighted by atomic mass is 9.68. The van der Waals surface area contributed by atoms with Crippen molar-refractivity contribution in [3.8, 4) is 0 Å². The summed E-state index contributed by atoms with van der Waals surface area (Å²) in [5.41, 5.74) is 7.94. The van der Waals surface area contributed by atoms with Gasteiger partial charge in [-0.15, -0.1) is 12.4 Å². The number of primary sulfonamides is 1. The highest BCUT2D eigenvalue weighted by molar-refractivity contribution is 7.89. The van der Waals surface area contributed by atoms with Crippen LogP contribution in [-0.2, 0) is 15.4 Å². The van der Waals surface area contributed by atoms with E-state index in [2.05, 4.69) is 6.07 Å². The van der Waals surface area contributed by atoms with Crippen LogP contribution in [-0.4, -0.2) is 45.0 Å². The number of urea groups is 1. The first-order chi connectivity index (χ1) is 14.7. The molecule has 174 valence electrons. The van der Waals surface area contributed by atoms with Gasteiger partial charge in [0.1, 0.15) is 0 Å². The minimum absolute atomic E-state index is 0. The molecule has 10 heteroatoms. The van der Waals surface area contributed by atoms with E-state index in [1.807, 2.05) is 23.1 Å². The summed E-state index contributed by atoms with van der Waals surface area (Å²) in [6.45, 7) is 1.77. The van der Waals surface area contributed by atoms with E-state index in [0.29, 0.717) is 30.3 Å². The van der Waals surface area contributed by atoms with Crippen LogP contribution in [0.4, 0.5) is 10.5 Å². The summed E-state index contributed by atoms with van der Waals surface area (Å²) in [7, 11) is -3.76. The van der Waals surface area contributed by atoms with Crippen molar-refractivity contribution in [2.45, 2.75) is 42.0 Å². The molecule has 7 nitrogen and oxygen atoms in total. The van der Waals surface area contributed by atoms with Gasteiger partial charge < -0.3 is 10.6 Å². The van der Waals surface area contributed by atoms with Crippen LogP contribution in [0.1, 0.15) is 31.2 Å². The minimum atomic E-state index is -3.76. The average Bonchev–Trinajstić information content (AvgIpc) is 3.14. The maximum Gasteiger partial charge on any atom is 0.324 e. The zero-order valence-corrected chi connectivity index (χ0v) is 20.0. The van der Waals surface area contributed by atoms with Crippen LogP contribution in [0.15, 0.2) is 53.4 Å². The number of nitrogens with zero attached hydrogens (tertiary/aromatic N) is 2. The predicted octanol–water partition coefficient (Wildman–Crippen LogP) is 3.49. The molecule has 4 N–H and O–H groups in total. The molecule has 1 aliphatic heterocycles. The number of hydrogen-bond acceptors (Lipinski definition) is 4. The van der Waals surface area contributed by atoms with Gasteiger partial charge >= 0.3 is 6.03 Å². The molecule has 2 aromatic rings. The van der Waals surface area contributed by atoms with Crippen LogP contribution in [0, 0.1) is 0 Å². The Balaban J connectivity index is 0.00000289. The molecule has 0 radical (unpaired) electrons. The number of sulfonamides is 1. The molecule has 4 rings (SSSR count). The fraction of sp³-hybridized carbons (Fsp3) is 0.409. The molecule has 2 aromatic carbocycles. The molecule has 2 fully saturated rings. The van der Waals surface area contributed by atoms with Crippen molar-refractivity contribution in [3.05, 3.63) is 59.1 Å². The average molecular weight is 499 g/mol. The largest absolute Gasteiger partial charge is 0.330 e. The topological polar surface area (TPSA) is 110 Å². The fourth-order valence-electron chi connectivity index (χ4n) is 4.84. The Morgan fingerprint density at radius 3 is 2.28 bits per heavy atom. The molecule has 0 bridgehead atoms. The summed E-state index contributed by atoms with van der Waals surface area (Å²) in [6.07, 6.45) is 3.57. The smallest absolute Gasteiger partial charge is 0.324 e. The Morgan fingerprint density at radius 1 is 1.06 bits per heavy atom. The SMILES string of the molecule is Cl.NC[C@]1(c2cccc(Cl)c2)CC[C@H](N2CCN(c3ccc(S(N)(=O)=O)cc3)C2=O)CC1. The molecule has 1 saturated heterocycles. The van der Waals surface area contributed by atoms with Crippen LogP contribution in [0.25, 0.3) is 0 Å². The molecule has 0 spiro atoms. The Kier molecular flexibility index (Phi) is 7.41. The minimum Gasteiger partial charge on any atom is -0.330 e. The second-order valence-electron chi connectivity index (χ2n) is 8.39. The number of rotatable bonds is 5. The Hall–Kier alpha value is -1.84. The normalized spacial score (nSPS) is 23.8. The first-order valence-corrected chi connectivity index (χ1v) is 12.3. The number of anilines is 1. The third-order valence-electron chi connectivity index (χ3n) is 6.70. The first kappa shape index (κ1) is 24.8. The van der Waals surface area contributed by atoms with Crippen LogP contribution >= 0.6 is 24.0 Å². The molecule has 0 unspecified atom stereocenters. The Labute approximate surface area is 200 Å². The second-order valence-corrected chi connectivity index (χ2v) is 10.4. The lowest BCUT2D eigenvalue weighted by Crippen LogP contribution is -2.46. The van der Waals surface area contributed by atoms with Crippen LogP contribution in [0.5, 0.6) is 0 Å². The Morgan fingerprint density at radius 2 is 1.72 bits per heavy atom. The number of carbonyl (C=O) groups excluding carboxylic acids is 1. The van der Waals surface area contributed by atoms with Gasteiger partial charge in [-0.2, -0.15) is 0 Å². The van der Waals surface area contributed by atoms with Gasteiger partial charge in [0, 0.05) is 41.8 Å². The summed E-state index contributed by atoms with van der Waals surface area (Å²) in [4.78, 5) is 16.8. The van der Waals surface area contributed by atoms with Crippen molar-refractivity contribution in [1.29, 1.82) is 0 Å². The summed E-state index contributed by atoms with van der Waals surface area (Å²) in [6, 6.07) is 14.2. The Bertz CT molecular complexity index is 1070. The van der Waals surface area contributed by atoms with Crippen LogP contribution < -0.4 is 15.8 Å². The molecule has 32 heavy (non-hydrogen) atoms. The summed E-state index contributed by atoms with van der Waals surface area (Å²) < 4.78 is 22.9. The molecule has 1 saturated carbocycles. The highest BCUT2D eigenvalue weighted by atomic mass is 35.5. The van der Waals surface area contributed by atoms with Crippen molar-refractivity contribution in [2.24, 2.45) is 10.9 Å². The number of carbonyl (C=O) groups is 1. The molecule has 0 atom stereocenters. The second kappa shape index (κ2) is 9.57. The van der Waals surface area contributed by atoms with E-state index in [4.69, 9.17) is 22.5 Å². The van der Waals surface area contributed by atoms with Gasteiger partial charge in [0.2, 0.25) is 10.0 Å². The van der Waals surface area contributed by atoms with Crippen molar-refractivity contribution >= 4 is 45.7 Å². The highest BCUT2D eigenvalue weighted by Crippen LogP contribution is 2.41. The molecular weight excluding hydrogens is 471 g/mol. The van der Waals surface area contributed by atoms with Gasteiger partial charge in [-0.3, -0.25) is 4.90 Å². The van der Waals surface area contributed by atoms with Gasteiger partial charge in [0.15, 0.2) is 0 Å². The van der Waals surface area contributed by atoms with Crippen molar-refractivity contribution in [2.75, 3.05) is 24.5 Å². The van der Waals surface area contributed by atoms with E-state index in [0.717, 1.165) is 25.7 Å². The van der Waals surface area contributed by atoms with Crippen LogP contribution in [0.2, 0.25) is 5.02 Å². The van der Waals surface area contributed by atoms with E-state index < -0.39 is 10.0 Å². The zero-order valence-electron chi connectivity index (χ0n) is 17.6. The standard InChI is InChI=1S/C22H27ClN4O3S.ClH/c23-17-3-1-2-16(14-17)22(15-24)10-8-19(9-11-22)27-13-12-26(21(27)28)18-4-6-20(7-5-18)31(25,29)30;/h1-7,14,19H,8-13,15,24H2,(H2,25,29,30);1H/t19-,22-;. The first-order valence-electron chi connectivity index (χ1n) is 10.4. The molecule has 1 heterocycles. The highest BCUT2D eigenvalue weighted by Gasteiger charge is 2.41. The summed E-state index contributed by atoms with van der Waals surface area (Å²) in [5.74, 6) is 0. The summed E-state index contributed by atoms with van der Waals surface area (Å²) in [5, 5.41) is 5.87. The number of halogens is 2. The maximum atomic E-state index is 13.1. The van der Waals surface area contributed by atoms with Gasteiger partial charge in [-0.25, -0.2) is 18.4 Å². The van der Waals surface area contributed by atoms with Gasteiger partial charge in [0.05, 0.1) is 4.90 Å². The zero-order chi connectivity index (χ0) is 22.2. The lowest BCUT2D eigenvalue weighted by molar-refractivity contribution is 0.156. The predicted molar refractivity (Wildman–Crippen MR) is 129 cm³/mol. The van der Waals surface area contributed by atoms with E-state index in [-0.39, 0.29) is 34.8 Å². The van der Waals surface area contributed by atoms with Crippen molar-refractivity contribution in [1.82, 2.24) is 4.90 Å². The van der Waals surface area contributed by atoms with E-state index in [1.54, 1.807) is 17.0 Å². The number of hydrogen-bond donors (Lipinski definition) is 2. The van der Waals surface area contributed by atoms with E-state index in [9.17, 15) is 13.2 Å². The van der Waals surface area contributed by atoms with E-state index >= 15 is 0 Å². The molecule has 0 aromatic heterocycles. The number of amides is 2. The third-order valence-corrected chi connectivity index (χ3v) is 7.86. The number of benzene rings is 2. The third kappa shape index (κ3) is 4.75. The molecule has 2 amide bonds. The van der Waals surface area contributed by atoms with Crippen molar-refractivity contribution in [3.63, 3.8) is 0 Å². The molecule has 1 aliphatic carbocycles. The van der Waals surface area contributed by atoms with Gasteiger partial charge in [-0.05, 0) is 67.6 Å². The van der Waals surface area contributed by atoms with E-state index in [1.165, 1.54) is 17.7 Å². The van der Waals surface area contributed by atoms with Gasteiger partial charge in [-0.1, -0.05) is 23.7 Å². The molecular formula is C22H28Cl2N4O3S. The van der Waals surface area contributed by atoms with Crippen molar-refractivity contribution < 1.29 is 13.2 Å². The van der Waals surface area contributed by atoms with Crippen LogP contribution in [0.3, 0.4) is 0 Å². The quantitative estimate of drug-likeness (QED) is 0.656. The lowest BCUT2D eigenvalue weighted by Gasteiger charge is -2.42. The number of nitrogens with two attached hydrogens (primary N) is 2. The summed E-state index contributed by atoms with van der Waals surface area (Å²) >= 11 is 6.20. The fourth-order valence-corrected chi connectivity index (χ4v) is 5.55. The monoisotopic (exact) mass is 498 g/mol.